The molecule has 0 radical (unpaired) electrons. The van der Waals surface area contributed by atoms with Crippen molar-refractivity contribution in [3.63, 3.8) is 0 Å². The molecule has 1 aromatic heterocycles. The van der Waals surface area contributed by atoms with E-state index in [4.69, 9.17) is 5.11 Å². The van der Waals surface area contributed by atoms with Gasteiger partial charge in [0.2, 0.25) is 5.95 Å². The number of pyridine rings is 1. The van der Waals surface area contributed by atoms with E-state index in [1.165, 1.54) is 6.07 Å². The number of carbonyl (C=O) groups is 1. The molecule has 0 aliphatic rings. The van der Waals surface area contributed by atoms with Crippen molar-refractivity contribution in [3.8, 4) is 0 Å². The molecule has 0 bridgehead atoms. The normalized spacial score (nSPS) is 9.64. The molecule has 0 spiro atoms. The molecule has 0 aromatic carbocycles. The highest BCUT2D eigenvalue weighted by molar-refractivity contribution is 9.10. The van der Waals surface area contributed by atoms with E-state index < -0.39 is 11.9 Å². The van der Waals surface area contributed by atoms with Crippen LogP contribution < -0.4 is 0 Å². The predicted molar refractivity (Wildman–Crippen MR) is 38.9 cm³/mol. The van der Waals surface area contributed by atoms with Gasteiger partial charge in [-0.05, 0) is 22.0 Å². The molecule has 11 heavy (non-hydrogen) atoms. The maximum atomic E-state index is 12.5. The molecular formula is C6H3BrFNO2. The molecule has 0 atom stereocenters. The van der Waals surface area contributed by atoms with Gasteiger partial charge in [-0.15, -0.1) is 0 Å². The summed E-state index contributed by atoms with van der Waals surface area (Å²) >= 11 is 2.76. The highest BCUT2D eigenvalue weighted by Crippen LogP contribution is 2.17. The van der Waals surface area contributed by atoms with Crippen molar-refractivity contribution in [1.29, 1.82) is 0 Å². The van der Waals surface area contributed by atoms with Crippen LogP contribution in [0.25, 0.3) is 0 Å². The molecule has 0 saturated carbocycles. The van der Waals surface area contributed by atoms with Crippen LogP contribution in [0.4, 0.5) is 4.39 Å². The molecule has 0 fully saturated rings. The molecule has 0 unspecified atom stereocenters. The molecule has 1 rings (SSSR count). The summed E-state index contributed by atoms with van der Waals surface area (Å²) in [7, 11) is 0. The van der Waals surface area contributed by atoms with Crippen LogP contribution in [0.5, 0.6) is 0 Å². The molecule has 1 aromatic rings. The van der Waals surface area contributed by atoms with Crippen LogP contribution in [0.3, 0.4) is 0 Å². The van der Waals surface area contributed by atoms with E-state index in [1.54, 1.807) is 0 Å². The SMILES string of the molecule is O=C(O)c1ccnc(F)c1Br. The van der Waals surface area contributed by atoms with E-state index in [1.807, 2.05) is 0 Å². The Morgan fingerprint density at radius 1 is 1.73 bits per heavy atom. The van der Waals surface area contributed by atoms with Crippen molar-refractivity contribution in [3.05, 3.63) is 28.2 Å². The Bertz CT molecular complexity index is 303. The van der Waals surface area contributed by atoms with Crippen LogP contribution in [-0.2, 0) is 0 Å². The number of halogens is 2. The molecular weight excluding hydrogens is 217 g/mol. The lowest BCUT2D eigenvalue weighted by atomic mass is 10.3. The Labute approximate surface area is 70.0 Å². The van der Waals surface area contributed by atoms with Gasteiger partial charge in [0.05, 0.1) is 10.0 Å². The van der Waals surface area contributed by atoms with E-state index in [2.05, 4.69) is 20.9 Å². The Balaban J connectivity index is 3.27. The minimum Gasteiger partial charge on any atom is -0.478 e. The second kappa shape index (κ2) is 2.96. The van der Waals surface area contributed by atoms with Crippen molar-refractivity contribution in [2.45, 2.75) is 0 Å². The number of hydrogen-bond acceptors (Lipinski definition) is 2. The van der Waals surface area contributed by atoms with Crippen molar-refractivity contribution < 1.29 is 14.3 Å². The van der Waals surface area contributed by atoms with Gasteiger partial charge in [-0.2, -0.15) is 4.39 Å². The zero-order valence-electron chi connectivity index (χ0n) is 5.21. The van der Waals surface area contributed by atoms with Gasteiger partial charge in [0.15, 0.2) is 0 Å². The van der Waals surface area contributed by atoms with Gasteiger partial charge in [-0.3, -0.25) is 0 Å². The number of nitrogens with zero attached hydrogens (tertiary/aromatic N) is 1. The molecule has 1 N–H and O–H groups in total. The zero-order valence-corrected chi connectivity index (χ0v) is 6.80. The molecule has 5 heteroatoms. The van der Waals surface area contributed by atoms with Crippen molar-refractivity contribution in [1.82, 2.24) is 4.98 Å². The number of aromatic nitrogens is 1. The summed E-state index contributed by atoms with van der Waals surface area (Å²) < 4.78 is 12.4. The Morgan fingerprint density at radius 3 is 2.82 bits per heavy atom. The van der Waals surface area contributed by atoms with Crippen molar-refractivity contribution in [2.75, 3.05) is 0 Å². The average Bonchev–Trinajstić information content (AvgIpc) is 1.94. The summed E-state index contributed by atoms with van der Waals surface area (Å²) in [6.07, 6.45) is 1.10. The second-order valence-corrected chi connectivity index (χ2v) is 2.56. The first kappa shape index (κ1) is 8.13. The third kappa shape index (κ3) is 1.54. The Morgan fingerprint density at radius 2 is 2.36 bits per heavy atom. The third-order valence-electron chi connectivity index (χ3n) is 1.08. The molecule has 0 saturated heterocycles. The van der Waals surface area contributed by atoms with E-state index >= 15 is 0 Å². The minimum absolute atomic E-state index is 0.118. The summed E-state index contributed by atoms with van der Waals surface area (Å²) in [6, 6.07) is 1.22. The Hall–Kier alpha value is -0.970. The fraction of sp³-hybridized carbons (Fsp3) is 0. The van der Waals surface area contributed by atoms with E-state index in [0.29, 0.717) is 0 Å². The average molecular weight is 220 g/mol. The summed E-state index contributed by atoms with van der Waals surface area (Å²) in [5.74, 6) is -2.00. The lowest BCUT2D eigenvalue weighted by Gasteiger charge is -1.96. The molecule has 1 heterocycles. The standard InChI is InChI=1S/C6H3BrFNO2/c7-4-3(6(10)11)1-2-9-5(4)8/h1-2H,(H,10,11). The van der Waals surface area contributed by atoms with Crippen LogP contribution in [0.1, 0.15) is 10.4 Å². The fourth-order valence-electron chi connectivity index (χ4n) is 0.583. The first-order valence-electron chi connectivity index (χ1n) is 2.66. The molecule has 58 valence electrons. The minimum atomic E-state index is -1.18. The number of aromatic carboxylic acids is 1. The number of carboxylic acid groups (broad SMARTS) is 1. The molecule has 3 nitrogen and oxygen atoms in total. The van der Waals surface area contributed by atoms with Crippen molar-refractivity contribution in [2.24, 2.45) is 0 Å². The maximum Gasteiger partial charge on any atom is 0.337 e. The van der Waals surface area contributed by atoms with Gasteiger partial charge in [-0.1, -0.05) is 0 Å². The second-order valence-electron chi connectivity index (χ2n) is 1.77. The van der Waals surface area contributed by atoms with Gasteiger partial charge in [-0.25, -0.2) is 9.78 Å². The van der Waals surface area contributed by atoms with E-state index in [0.717, 1.165) is 6.20 Å². The summed E-state index contributed by atoms with van der Waals surface area (Å²) in [6.45, 7) is 0. The van der Waals surface area contributed by atoms with Crippen LogP contribution in [-0.4, -0.2) is 16.1 Å². The monoisotopic (exact) mass is 219 g/mol. The smallest absolute Gasteiger partial charge is 0.337 e. The number of hydrogen-bond donors (Lipinski definition) is 1. The van der Waals surface area contributed by atoms with E-state index in [-0.39, 0.29) is 10.0 Å². The fourth-order valence-corrected chi connectivity index (χ4v) is 0.988. The van der Waals surface area contributed by atoms with Gasteiger partial charge in [0.25, 0.3) is 0 Å². The highest BCUT2D eigenvalue weighted by atomic mass is 79.9. The zero-order chi connectivity index (χ0) is 8.43. The van der Waals surface area contributed by atoms with Crippen molar-refractivity contribution >= 4 is 21.9 Å². The summed E-state index contributed by atoms with van der Waals surface area (Å²) in [4.78, 5) is 13.6. The van der Waals surface area contributed by atoms with E-state index in [9.17, 15) is 9.18 Å². The van der Waals surface area contributed by atoms with Crippen LogP contribution in [0, 0.1) is 5.95 Å². The molecule has 0 aliphatic heterocycles. The highest BCUT2D eigenvalue weighted by Gasteiger charge is 2.11. The lowest BCUT2D eigenvalue weighted by Crippen LogP contribution is -2.00. The summed E-state index contributed by atoms with van der Waals surface area (Å²) in [5.41, 5.74) is -0.127. The maximum absolute atomic E-state index is 12.5. The van der Waals surface area contributed by atoms with Crippen LogP contribution >= 0.6 is 15.9 Å². The molecule has 0 amide bonds. The van der Waals surface area contributed by atoms with Gasteiger partial charge in [0, 0.05) is 6.20 Å². The van der Waals surface area contributed by atoms with Gasteiger partial charge < -0.3 is 5.11 Å². The first-order chi connectivity index (χ1) is 5.13. The first-order valence-corrected chi connectivity index (χ1v) is 3.45. The molecule has 0 aliphatic carbocycles. The Kier molecular flexibility index (Phi) is 2.19. The quantitative estimate of drug-likeness (QED) is 0.732. The number of carboxylic acids is 1. The van der Waals surface area contributed by atoms with Gasteiger partial charge in [0.1, 0.15) is 0 Å². The lowest BCUT2D eigenvalue weighted by molar-refractivity contribution is 0.0695. The number of rotatable bonds is 1. The van der Waals surface area contributed by atoms with Crippen LogP contribution in [0.15, 0.2) is 16.7 Å². The summed E-state index contributed by atoms with van der Waals surface area (Å²) in [5, 5.41) is 8.47. The predicted octanol–water partition coefficient (Wildman–Crippen LogP) is 1.68. The largest absolute Gasteiger partial charge is 0.478 e. The topological polar surface area (TPSA) is 50.2 Å². The van der Waals surface area contributed by atoms with Crippen LogP contribution in [0.2, 0.25) is 0 Å². The van der Waals surface area contributed by atoms with Gasteiger partial charge >= 0.3 is 5.97 Å². The third-order valence-corrected chi connectivity index (χ3v) is 1.83.